The summed E-state index contributed by atoms with van der Waals surface area (Å²) in [5, 5.41) is 3.41. The van der Waals surface area contributed by atoms with E-state index in [0.717, 1.165) is 19.0 Å². The lowest BCUT2D eigenvalue weighted by atomic mass is 9.97. The zero-order valence-corrected chi connectivity index (χ0v) is 9.73. The Labute approximate surface area is 96.7 Å². The molecule has 0 spiro atoms. The van der Waals surface area contributed by atoms with Crippen molar-refractivity contribution in [2.24, 2.45) is 5.92 Å². The Morgan fingerprint density at radius 3 is 3.12 bits per heavy atom. The Morgan fingerprint density at radius 1 is 1.38 bits per heavy atom. The summed E-state index contributed by atoms with van der Waals surface area (Å²) in [6.07, 6.45) is 6.53. The normalized spacial score (nSPS) is 26.6. The van der Waals surface area contributed by atoms with E-state index in [4.69, 9.17) is 0 Å². The molecule has 1 aromatic rings. The Balaban J connectivity index is 1.57. The lowest BCUT2D eigenvalue weighted by Crippen LogP contribution is -2.46. The van der Waals surface area contributed by atoms with Crippen molar-refractivity contribution in [1.29, 1.82) is 0 Å². The molecule has 0 aliphatic carbocycles. The highest BCUT2D eigenvalue weighted by molar-refractivity contribution is 5.02. The summed E-state index contributed by atoms with van der Waals surface area (Å²) < 4.78 is 2.33. The molecule has 1 aromatic heterocycles. The first-order chi connectivity index (χ1) is 7.92. The van der Waals surface area contributed by atoms with Crippen molar-refractivity contribution >= 4 is 0 Å². The summed E-state index contributed by atoms with van der Waals surface area (Å²) in [6, 6.07) is 0. The molecule has 0 bridgehead atoms. The molecule has 3 rings (SSSR count). The van der Waals surface area contributed by atoms with Crippen LogP contribution in [0.2, 0.25) is 0 Å². The third-order valence-corrected chi connectivity index (χ3v) is 3.79. The first kappa shape index (κ1) is 10.3. The van der Waals surface area contributed by atoms with Gasteiger partial charge in [-0.25, -0.2) is 4.98 Å². The van der Waals surface area contributed by atoms with Gasteiger partial charge in [-0.15, -0.1) is 0 Å². The van der Waals surface area contributed by atoms with Crippen molar-refractivity contribution in [2.45, 2.75) is 19.4 Å². The van der Waals surface area contributed by atoms with Crippen molar-refractivity contribution in [2.75, 3.05) is 32.7 Å². The molecule has 4 nitrogen and oxygen atoms in total. The molecule has 1 fully saturated rings. The van der Waals surface area contributed by atoms with Crippen LogP contribution in [-0.4, -0.2) is 47.2 Å². The number of aryl methyl sites for hydroxylation is 1. The molecular formula is C12H20N4. The van der Waals surface area contributed by atoms with Gasteiger partial charge in [0.2, 0.25) is 0 Å². The molecule has 0 saturated carbocycles. The molecule has 0 amide bonds. The van der Waals surface area contributed by atoms with Gasteiger partial charge in [-0.1, -0.05) is 0 Å². The molecule has 1 saturated heterocycles. The third kappa shape index (κ3) is 2.13. The van der Waals surface area contributed by atoms with Gasteiger partial charge in [-0.3, -0.25) is 0 Å². The monoisotopic (exact) mass is 220 g/mol. The number of hydrogen-bond acceptors (Lipinski definition) is 3. The van der Waals surface area contributed by atoms with Gasteiger partial charge in [0, 0.05) is 51.2 Å². The average molecular weight is 220 g/mol. The van der Waals surface area contributed by atoms with Gasteiger partial charge in [0.15, 0.2) is 0 Å². The predicted octanol–water partition coefficient (Wildman–Crippen LogP) is 0.351. The molecule has 1 atom stereocenters. The molecule has 0 aromatic carbocycles. The van der Waals surface area contributed by atoms with E-state index in [1.807, 2.05) is 12.5 Å². The van der Waals surface area contributed by atoms with Gasteiger partial charge in [0.05, 0.1) is 6.33 Å². The minimum Gasteiger partial charge on any atom is -0.334 e. The van der Waals surface area contributed by atoms with Crippen LogP contribution in [0.3, 0.4) is 0 Å². The second kappa shape index (κ2) is 4.55. The summed E-state index contributed by atoms with van der Waals surface area (Å²) in [6.45, 7) is 7.17. The van der Waals surface area contributed by atoms with E-state index >= 15 is 0 Å². The summed E-state index contributed by atoms with van der Waals surface area (Å²) in [5.41, 5.74) is 1.41. The Bertz CT molecular complexity index is 341. The van der Waals surface area contributed by atoms with Crippen LogP contribution in [0, 0.1) is 5.92 Å². The highest BCUT2D eigenvalue weighted by Crippen LogP contribution is 2.20. The molecule has 0 radical (unpaired) electrons. The molecule has 4 heteroatoms. The van der Waals surface area contributed by atoms with Gasteiger partial charge in [0.25, 0.3) is 0 Å². The maximum atomic E-state index is 4.22. The zero-order valence-electron chi connectivity index (χ0n) is 9.73. The van der Waals surface area contributed by atoms with Crippen LogP contribution in [0.5, 0.6) is 0 Å². The summed E-state index contributed by atoms with van der Waals surface area (Å²) in [4.78, 5) is 6.82. The average Bonchev–Trinajstić information content (AvgIpc) is 2.77. The lowest BCUT2D eigenvalue weighted by Gasteiger charge is -2.33. The highest BCUT2D eigenvalue weighted by Gasteiger charge is 2.21. The zero-order chi connectivity index (χ0) is 10.8. The van der Waals surface area contributed by atoms with Crippen LogP contribution in [0.4, 0.5) is 0 Å². The minimum atomic E-state index is 0.819. The molecule has 2 aliphatic heterocycles. The van der Waals surface area contributed by atoms with E-state index in [9.17, 15) is 0 Å². The van der Waals surface area contributed by atoms with Crippen LogP contribution < -0.4 is 5.32 Å². The van der Waals surface area contributed by atoms with Crippen LogP contribution in [0.25, 0.3) is 0 Å². The fourth-order valence-corrected chi connectivity index (χ4v) is 2.85. The number of imidazole rings is 1. The second-order valence-corrected chi connectivity index (χ2v) is 4.99. The molecule has 1 N–H and O–H groups in total. The summed E-state index contributed by atoms with van der Waals surface area (Å²) >= 11 is 0. The number of rotatable bonds is 2. The summed E-state index contributed by atoms with van der Waals surface area (Å²) in [7, 11) is 0. The third-order valence-electron chi connectivity index (χ3n) is 3.79. The van der Waals surface area contributed by atoms with Crippen molar-refractivity contribution in [3.63, 3.8) is 0 Å². The Hall–Kier alpha value is -0.870. The van der Waals surface area contributed by atoms with Crippen LogP contribution in [0.1, 0.15) is 12.1 Å². The van der Waals surface area contributed by atoms with Crippen LogP contribution in [-0.2, 0) is 13.0 Å². The number of piperazine rings is 1. The van der Waals surface area contributed by atoms with Gasteiger partial charge in [0.1, 0.15) is 0 Å². The quantitative estimate of drug-likeness (QED) is 0.781. The fraction of sp³-hybridized carbons (Fsp3) is 0.750. The van der Waals surface area contributed by atoms with E-state index in [1.165, 1.54) is 44.7 Å². The number of hydrogen-bond donors (Lipinski definition) is 1. The molecule has 3 heterocycles. The predicted molar refractivity (Wildman–Crippen MR) is 63.3 cm³/mol. The number of aromatic nitrogens is 2. The van der Waals surface area contributed by atoms with E-state index in [-0.39, 0.29) is 0 Å². The van der Waals surface area contributed by atoms with Gasteiger partial charge in [-0.2, -0.15) is 0 Å². The van der Waals surface area contributed by atoms with Crippen LogP contribution >= 0.6 is 0 Å². The minimum absolute atomic E-state index is 0.819. The van der Waals surface area contributed by atoms with Gasteiger partial charge in [-0.05, 0) is 18.8 Å². The maximum absolute atomic E-state index is 4.22. The topological polar surface area (TPSA) is 33.1 Å². The molecule has 1 unspecified atom stereocenters. The number of nitrogens with one attached hydrogen (secondary N) is 1. The number of fused-ring (bicyclic) bond motifs is 1. The molecular weight excluding hydrogens is 200 g/mol. The molecule has 16 heavy (non-hydrogen) atoms. The highest BCUT2D eigenvalue weighted by atomic mass is 15.2. The Kier molecular flexibility index (Phi) is 2.93. The summed E-state index contributed by atoms with van der Waals surface area (Å²) in [5.74, 6) is 0.819. The first-order valence-electron chi connectivity index (χ1n) is 6.34. The van der Waals surface area contributed by atoms with Crippen LogP contribution in [0.15, 0.2) is 12.5 Å². The fourth-order valence-electron chi connectivity index (χ4n) is 2.85. The maximum Gasteiger partial charge on any atom is 0.0948 e. The van der Waals surface area contributed by atoms with Crippen molar-refractivity contribution in [3.8, 4) is 0 Å². The SMILES string of the molecule is c1ncn2c1CCC(CN1CCNCC1)C2. The Morgan fingerprint density at radius 2 is 2.25 bits per heavy atom. The van der Waals surface area contributed by atoms with Crippen molar-refractivity contribution < 1.29 is 0 Å². The van der Waals surface area contributed by atoms with E-state index in [0.29, 0.717) is 0 Å². The first-order valence-corrected chi connectivity index (χ1v) is 6.34. The smallest absolute Gasteiger partial charge is 0.0948 e. The lowest BCUT2D eigenvalue weighted by molar-refractivity contribution is 0.183. The van der Waals surface area contributed by atoms with E-state index in [2.05, 4.69) is 19.8 Å². The van der Waals surface area contributed by atoms with E-state index in [1.54, 1.807) is 0 Å². The second-order valence-electron chi connectivity index (χ2n) is 4.99. The van der Waals surface area contributed by atoms with E-state index < -0.39 is 0 Å². The van der Waals surface area contributed by atoms with Crippen molar-refractivity contribution in [1.82, 2.24) is 19.8 Å². The number of nitrogens with zero attached hydrogens (tertiary/aromatic N) is 3. The standard InChI is InChI=1S/C12H20N4/c1-2-12-7-14-10-16(12)9-11(1)8-15-5-3-13-4-6-15/h7,10-11,13H,1-6,8-9H2. The van der Waals surface area contributed by atoms with Gasteiger partial charge >= 0.3 is 0 Å². The van der Waals surface area contributed by atoms with Gasteiger partial charge < -0.3 is 14.8 Å². The molecule has 88 valence electrons. The van der Waals surface area contributed by atoms with Crippen molar-refractivity contribution in [3.05, 3.63) is 18.2 Å². The molecule has 2 aliphatic rings. The largest absolute Gasteiger partial charge is 0.334 e.